The first-order valence-electron chi connectivity index (χ1n) is 6.46. The molecule has 6 nitrogen and oxygen atoms in total. The third-order valence-electron chi connectivity index (χ3n) is 3.20. The summed E-state index contributed by atoms with van der Waals surface area (Å²) < 4.78 is 0. The standard InChI is InChI=1S/C12H22N6/c1-4-13-11-10(2)12(15-9-14-11)16-18-7-5-17(3)6-8-18/h9H,4-8H2,1-3H3,(H2,13,14,15,16). The molecule has 2 N–H and O–H groups in total. The molecule has 0 atom stereocenters. The fourth-order valence-electron chi connectivity index (χ4n) is 1.98. The van der Waals surface area contributed by atoms with Crippen LogP contribution in [0.1, 0.15) is 12.5 Å². The predicted molar refractivity (Wildman–Crippen MR) is 73.6 cm³/mol. The van der Waals surface area contributed by atoms with Gasteiger partial charge in [0, 0.05) is 38.3 Å². The fraction of sp³-hybridized carbons (Fsp3) is 0.667. The number of nitrogens with one attached hydrogen (secondary N) is 2. The first-order valence-corrected chi connectivity index (χ1v) is 6.46. The first-order chi connectivity index (χ1) is 8.70. The van der Waals surface area contributed by atoms with Gasteiger partial charge in [0.1, 0.15) is 18.0 Å². The van der Waals surface area contributed by atoms with Crippen LogP contribution >= 0.6 is 0 Å². The van der Waals surface area contributed by atoms with Crippen LogP contribution in [0.4, 0.5) is 11.6 Å². The molecule has 0 radical (unpaired) electrons. The Bertz CT molecular complexity index is 386. The summed E-state index contributed by atoms with van der Waals surface area (Å²) in [5.74, 6) is 1.80. The average Bonchev–Trinajstić information content (AvgIpc) is 2.37. The van der Waals surface area contributed by atoms with E-state index in [4.69, 9.17) is 0 Å². The van der Waals surface area contributed by atoms with Crippen molar-refractivity contribution < 1.29 is 0 Å². The molecule has 6 heteroatoms. The van der Waals surface area contributed by atoms with Crippen LogP contribution in [-0.2, 0) is 0 Å². The number of anilines is 2. The maximum Gasteiger partial charge on any atom is 0.148 e. The van der Waals surface area contributed by atoms with Gasteiger partial charge < -0.3 is 15.6 Å². The molecule has 0 aliphatic carbocycles. The van der Waals surface area contributed by atoms with Crippen molar-refractivity contribution in [2.45, 2.75) is 13.8 Å². The van der Waals surface area contributed by atoms with Crippen LogP contribution in [0.25, 0.3) is 0 Å². The van der Waals surface area contributed by atoms with E-state index >= 15 is 0 Å². The molecule has 0 unspecified atom stereocenters. The normalized spacial score (nSPS) is 17.7. The number of nitrogens with zero attached hydrogens (tertiary/aromatic N) is 4. The molecule has 1 aromatic rings. The Kier molecular flexibility index (Phi) is 4.33. The van der Waals surface area contributed by atoms with Crippen LogP contribution in [0, 0.1) is 6.92 Å². The summed E-state index contributed by atoms with van der Waals surface area (Å²) in [6.07, 6.45) is 1.60. The van der Waals surface area contributed by atoms with Crippen LogP contribution in [0.15, 0.2) is 6.33 Å². The molecule has 1 aromatic heterocycles. The van der Waals surface area contributed by atoms with E-state index in [1.165, 1.54) is 0 Å². The average molecular weight is 250 g/mol. The Labute approximate surface area is 108 Å². The largest absolute Gasteiger partial charge is 0.370 e. The molecule has 18 heavy (non-hydrogen) atoms. The van der Waals surface area contributed by atoms with Gasteiger partial charge in [0.25, 0.3) is 0 Å². The van der Waals surface area contributed by atoms with Crippen LogP contribution in [0.5, 0.6) is 0 Å². The van der Waals surface area contributed by atoms with Gasteiger partial charge in [0.15, 0.2) is 0 Å². The second-order valence-electron chi connectivity index (χ2n) is 4.63. The molecule has 100 valence electrons. The minimum atomic E-state index is 0.867. The molecule has 1 fully saturated rings. The zero-order valence-corrected chi connectivity index (χ0v) is 11.4. The fourth-order valence-corrected chi connectivity index (χ4v) is 1.98. The summed E-state index contributed by atoms with van der Waals surface area (Å²) in [5, 5.41) is 5.46. The highest BCUT2D eigenvalue weighted by molar-refractivity contribution is 5.55. The Morgan fingerprint density at radius 3 is 2.50 bits per heavy atom. The van der Waals surface area contributed by atoms with Crippen molar-refractivity contribution in [3.63, 3.8) is 0 Å². The van der Waals surface area contributed by atoms with Crippen molar-refractivity contribution in [3.05, 3.63) is 11.9 Å². The molecule has 2 rings (SSSR count). The van der Waals surface area contributed by atoms with Gasteiger partial charge in [-0.25, -0.2) is 15.0 Å². The van der Waals surface area contributed by atoms with Crippen molar-refractivity contribution in [1.82, 2.24) is 19.9 Å². The van der Waals surface area contributed by atoms with E-state index in [2.05, 4.69) is 44.6 Å². The molecule has 1 aliphatic rings. The van der Waals surface area contributed by atoms with E-state index in [-0.39, 0.29) is 0 Å². The van der Waals surface area contributed by atoms with Crippen molar-refractivity contribution in [2.24, 2.45) is 0 Å². The van der Waals surface area contributed by atoms with Crippen LogP contribution in [-0.4, -0.2) is 59.6 Å². The van der Waals surface area contributed by atoms with Crippen molar-refractivity contribution in [2.75, 3.05) is 50.5 Å². The second kappa shape index (κ2) is 5.97. The maximum atomic E-state index is 4.32. The first kappa shape index (κ1) is 13.0. The summed E-state index contributed by atoms with van der Waals surface area (Å²) in [5.41, 5.74) is 4.45. The van der Waals surface area contributed by atoms with E-state index in [0.717, 1.165) is 49.9 Å². The highest BCUT2D eigenvalue weighted by atomic mass is 15.5. The summed E-state index contributed by atoms with van der Waals surface area (Å²) in [7, 11) is 2.15. The zero-order valence-electron chi connectivity index (χ0n) is 11.4. The molecule has 2 heterocycles. The Hall–Kier alpha value is -1.40. The molecule has 0 spiro atoms. The second-order valence-corrected chi connectivity index (χ2v) is 4.63. The van der Waals surface area contributed by atoms with Gasteiger partial charge in [-0.2, -0.15) is 0 Å². The van der Waals surface area contributed by atoms with E-state index in [9.17, 15) is 0 Å². The molecular formula is C12H22N6. The summed E-state index contributed by atoms with van der Waals surface area (Å²) in [6.45, 7) is 9.15. The SMILES string of the molecule is CCNc1ncnc(NN2CCN(C)CC2)c1C. The lowest BCUT2D eigenvalue weighted by atomic mass is 10.3. The monoisotopic (exact) mass is 250 g/mol. The van der Waals surface area contributed by atoms with Gasteiger partial charge in [0.05, 0.1) is 0 Å². The lowest BCUT2D eigenvalue weighted by Crippen LogP contribution is -2.47. The highest BCUT2D eigenvalue weighted by Crippen LogP contribution is 2.18. The van der Waals surface area contributed by atoms with E-state index in [0.29, 0.717) is 0 Å². The number of likely N-dealkylation sites (N-methyl/N-ethyl adjacent to an activating group) is 1. The minimum absolute atomic E-state index is 0.867. The molecule has 1 saturated heterocycles. The predicted octanol–water partition coefficient (Wildman–Crippen LogP) is 0.791. The van der Waals surface area contributed by atoms with Gasteiger partial charge in [-0.1, -0.05) is 0 Å². The van der Waals surface area contributed by atoms with Crippen LogP contribution in [0.3, 0.4) is 0 Å². The summed E-state index contributed by atoms with van der Waals surface area (Å²) in [6, 6.07) is 0. The van der Waals surface area contributed by atoms with Crippen molar-refractivity contribution in [3.8, 4) is 0 Å². The number of hydrazine groups is 1. The maximum absolute atomic E-state index is 4.32. The number of piperazine rings is 1. The van der Waals surface area contributed by atoms with Gasteiger partial charge >= 0.3 is 0 Å². The lowest BCUT2D eigenvalue weighted by Gasteiger charge is -2.33. The van der Waals surface area contributed by atoms with E-state index in [1.807, 2.05) is 6.92 Å². The third-order valence-corrected chi connectivity index (χ3v) is 3.20. The number of hydrogen-bond acceptors (Lipinski definition) is 6. The Morgan fingerprint density at radius 2 is 1.83 bits per heavy atom. The van der Waals surface area contributed by atoms with Crippen molar-refractivity contribution in [1.29, 1.82) is 0 Å². The quantitative estimate of drug-likeness (QED) is 0.824. The van der Waals surface area contributed by atoms with Gasteiger partial charge in [0.2, 0.25) is 0 Å². The topological polar surface area (TPSA) is 56.3 Å². The van der Waals surface area contributed by atoms with Crippen LogP contribution < -0.4 is 10.7 Å². The Morgan fingerprint density at radius 1 is 1.17 bits per heavy atom. The van der Waals surface area contributed by atoms with Gasteiger partial charge in [-0.3, -0.25) is 0 Å². The van der Waals surface area contributed by atoms with E-state index < -0.39 is 0 Å². The number of hydrogen-bond donors (Lipinski definition) is 2. The lowest BCUT2D eigenvalue weighted by molar-refractivity contribution is 0.178. The summed E-state index contributed by atoms with van der Waals surface area (Å²) >= 11 is 0. The zero-order chi connectivity index (χ0) is 13.0. The molecular weight excluding hydrogens is 228 g/mol. The van der Waals surface area contributed by atoms with Gasteiger partial charge in [-0.15, -0.1) is 0 Å². The molecule has 0 saturated carbocycles. The minimum Gasteiger partial charge on any atom is -0.370 e. The molecule has 1 aliphatic heterocycles. The van der Waals surface area contributed by atoms with Crippen molar-refractivity contribution >= 4 is 11.6 Å². The Balaban J connectivity index is 2.02. The molecule has 0 bridgehead atoms. The van der Waals surface area contributed by atoms with Gasteiger partial charge in [-0.05, 0) is 20.9 Å². The molecule has 0 amide bonds. The third kappa shape index (κ3) is 3.08. The summed E-state index contributed by atoms with van der Waals surface area (Å²) in [4.78, 5) is 10.9. The van der Waals surface area contributed by atoms with E-state index in [1.54, 1.807) is 6.33 Å². The smallest absolute Gasteiger partial charge is 0.148 e. The highest BCUT2D eigenvalue weighted by Gasteiger charge is 2.15. The number of rotatable bonds is 4. The molecule has 0 aromatic carbocycles. The van der Waals surface area contributed by atoms with Crippen LogP contribution in [0.2, 0.25) is 0 Å². The number of aromatic nitrogens is 2.